The Morgan fingerprint density at radius 3 is 2.75 bits per heavy atom. The first kappa shape index (κ1) is 18.4. The molecule has 4 aromatic rings. The van der Waals surface area contributed by atoms with Crippen LogP contribution in [0.4, 0.5) is 5.69 Å². The Balaban J connectivity index is 1.60. The van der Waals surface area contributed by atoms with E-state index in [0.717, 1.165) is 34.5 Å². The lowest BCUT2D eigenvalue weighted by atomic mass is 10.1. The molecule has 6 nitrogen and oxygen atoms in total. The van der Waals surface area contributed by atoms with E-state index >= 15 is 0 Å². The zero-order valence-corrected chi connectivity index (χ0v) is 16.9. The van der Waals surface area contributed by atoms with Gasteiger partial charge in [-0.25, -0.2) is 4.98 Å². The second-order valence-electron chi connectivity index (χ2n) is 6.69. The molecule has 0 unspecified atom stereocenters. The molecule has 0 radical (unpaired) electrons. The highest BCUT2D eigenvalue weighted by Gasteiger charge is 2.16. The van der Waals surface area contributed by atoms with Gasteiger partial charge in [0.15, 0.2) is 5.65 Å². The summed E-state index contributed by atoms with van der Waals surface area (Å²) in [6.07, 6.45) is 0.770. The van der Waals surface area contributed by atoms with Crippen LogP contribution in [0.5, 0.6) is 0 Å². The van der Waals surface area contributed by atoms with Gasteiger partial charge in [-0.1, -0.05) is 48.5 Å². The maximum Gasteiger partial charge on any atom is 0.234 e. The van der Waals surface area contributed by atoms with Crippen molar-refractivity contribution in [3.05, 3.63) is 59.4 Å². The van der Waals surface area contributed by atoms with Crippen LogP contribution in [0.1, 0.15) is 23.9 Å². The number of carbonyl (C=O) groups excluding carboxylic acids is 1. The first-order chi connectivity index (χ1) is 13.6. The first-order valence-corrected chi connectivity index (χ1v) is 10.2. The highest BCUT2D eigenvalue weighted by atomic mass is 32.2. The SMILES string of the molecule is CCc1nnc2c(SCC(=O)Nc3ccc(C)cc3C)nc3ccccc3n12. The van der Waals surface area contributed by atoms with Crippen molar-refractivity contribution in [1.82, 2.24) is 19.6 Å². The van der Waals surface area contributed by atoms with Crippen LogP contribution in [0.15, 0.2) is 47.5 Å². The van der Waals surface area contributed by atoms with Gasteiger partial charge in [0.25, 0.3) is 0 Å². The van der Waals surface area contributed by atoms with E-state index in [2.05, 4.69) is 28.5 Å². The molecule has 142 valence electrons. The molecule has 4 rings (SSSR count). The molecular formula is C21H21N5OS. The Morgan fingerprint density at radius 2 is 1.96 bits per heavy atom. The van der Waals surface area contributed by atoms with E-state index in [1.807, 2.05) is 54.6 Å². The number of benzene rings is 2. The number of carbonyl (C=O) groups is 1. The van der Waals surface area contributed by atoms with Gasteiger partial charge in [0.2, 0.25) is 5.91 Å². The number of aryl methyl sites for hydroxylation is 3. The molecule has 7 heteroatoms. The van der Waals surface area contributed by atoms with Gasteiger partial charge in [-0.15, -0.1) is 10.2 Å². The number of nitrogens with one attached hydrogen (secondary N) is 1. The lowest BCUT2D eigenvalue weighted by Gasteiger charge is -2.10. The third kappa shape index (κ3) is 3.45. The highest BCUT2D eigenvalue weighted by molar-refractivity contribution is 8.00. The van der Waals surface area contributed by atoms with Crippen LogP contribution in [0.3, 0.4) is 0 Å². The minimum Gasteiger partial charge on any atom is -0.325 e. The summed E-state index contributed by atoms with van der Waals surface area (Å²) in [6.45, 7) is 6.08. The lowest BCUT2D eigenvalue weighted by Crippen LogP contribution is -2.15. The van der Waals surface area contributed by atoms with Crippen LogP contribution >= 0.6 is 11.8 Å². The zero-order valence-electron chi connectivity index (χ0n) is 16.1. The molecular weight excluding hydrogens is 370 g/mol. The second-order valence-corrected chi connectivity index (χ2v) is 7.65. The minimum atomic E-state index is -0.0692. The van der Waals surface area contributed by atoms with E-state index in [1.54, 1.807) is 0 Å². The molecule has 1 N–H and O–H groups in total. The summed E-state index contributed by atoms with van der Waals surface area (Å²) in [7, 11) is 0. The maximum absolute atomic E-state index is 12.5. The highest BCUT2D eigenvalue weighted by Crippen LogP contribution is 2.26. The smallest absolute Gasteiger partial charge is 0.234 e. The van der Waals surface area contributed by atoms with Crippen LogP contribution in [0.2, 0.25) is 0 Å². The Hall–Kier alpha value is -2.93. The van der Waals surface area contributed by atoms with Crippen LogP contribution in [-0.4, -0.2) is 31.2 Å². The molecule has 0 fully saturated rings. The molecule has 2 aromatic heterocycles. The quantitative estimate of drug-likeness (QED) is 0.517. The number of para-hydroxylation sites is 2. The third-order valence-corrected chi connectivity index (χ3v) is 5.53. The number of rotatable bonds is 5. The number of nitrogens with zero attached hydrogens (tertiary/aromatic N) is 4. The molecule has 0 bridgehead atoms. The first-order valence-electron chi connectivity index (χ1n) is 9.19. The summed E-state index contributed by atoms with van der Waals surface area (Å²) in [5.41, 5.74) is 5.59. The molecule has 0 aliphatic rings. The topological polar surface area (TPSA) is 72.2 Å². The molecule has 0 atom stereocenters. The van der Waals surface area contributed by atoms with Crippen LogP contribution in [-0.2, 0) is 11.2 Å². The molecule has 28 heavy (non-hydrogen) atoms. The molecule has 1 amide bonds. The van der Waals surface area contributed by atoms with Crippen molar-refractivity contribution in [2.75, 3.05) is 11.1 Å². The average molecular weight is 392 g/mol. The Bertz CT molecular complexity index is 1180. The van der Waals surface area contributed by atoms with Crippen molar-refractivity contribution in [3.8, 4) is 0 Å². The summed E-state index contributed by atoms with van der Waals surface area (Å²) in [6, 6.07) is 13.9. The van der Waals surface area contributed by atoms with E-state index in [4.69, 9.17) is 4.98 Å². The third-order valence-electron chi connectivity index (χ3n) is 4.58. The van der Waals surface area contributed by atoms with E-state index in [9.17, 15) is 4.79 Å². The van der Waals surface area contributed by atoms with Crippen LogP contribution in [0, 0.1) is 13.8 Å². The fourth-order valence-corrected chi connectivity index (χ4v) is 3.98. The standard InChI is InChI=1S/C21H21N5OS/c1-4-18-24-25-20-21(23-16-7-5-6-8-17(16)26(18)20)28-12-19(27)22-15-10-9-13(2)11-14(15)3/h5-11H,4,12H2,1-3H3,(H,22,27). The van der Waals surface area contributed by atoms with Crippen molar-refractivity contribution < 1.29 is 4.79 Å². The summed E-state index contributed by atoms with van der Waals surface area (Å²) in [5, 5.41) is 12.3. The Labute approximate surface area is 167 Å². The predicted molar refractivity (Wildman–Crippen MR) is 113 cm³/mol. The monoisotopic (exact) mass is 391 g/mol. The second kappa shape index (κ2) is 7.59. The lowest BCUT2D eigenvalue weighted by molar-refractivity contribution is -0.113. The van der Waals surface area contributed by atoms with E-state index < -0.39 is 0 Å². The van der Waals surface area contributed by atoms with Crippen molar-refractivity contribution in [1.29, 1.82) is 0 Å². The Morgan fingerprint density at radius 1 is 1.14 bits per heavy atom. The zero-order chi connectivity index (χ0) is 19.7. The number of aromatic nitrogens is 4. The molecule has 0 aliphatic heterocycles. The van der Waals surface area contributed by atoms with Gasteiger partial charge in [-0.2, -0.15) is 0 Å². The van der Waals surface area contributed by atoms with Gasteiger partial charge < -0.3 is 5.32 Å². The number of hydrogen-bond donors (Lipinski definition) is 1. The van der Waals surface area contributed by atoms with Gasteiger partial charge >= 0.3 is 0 Å². The van der Waals surface area contributed by atoms with Crippen molar-refractivity contribution >= 4 is 40.0 Å². The molecule has 0 saturated carbocycles. The van der Waals surface area contributed by atoms with Crippen LogP contribution in [0.25, 0.3) is 16.7 Å². The maximum atomic E-state index is 12.5. The van der Waals surface area contributed by atoms with E-state index in [0.29, 0.717) is 10.7 Å². The molecule has 0 aliphatic carbocycles. The number of fused-ring (bicyclic) bond motifs is 3. The summed E-state index contributed by atoms with van der Waals surface area (Å²) in [5.74, 6) is 1.07. The van der Waals surface area contributed by atoms with E-state index in [1.165, 1.54) is 17.3 Å². The fourth-order valence-electron chi connectivity index (χ4n) is 3.22. The van der Waals surface area contributed by atoms with Crippen LogP contribution < -0.4 is 5.32 Å². The Kier molecular flexibility index (Phi) is 5.00. The number of anilines is 1. The predicted octanol–water partition coefficient (Wildman–Crippen LogP) is 4.19. The minimum absolute atomic E-state index is 0.0692. The van der Waals surface area contributed by atoms with Gasteiger partial charge in [0.1, 0.15) is 10.9 Å². The summed E-state index contributed by atoms with van der Waals surface area (Å²) in [4.78, 5) is 17.2. The number of thioether (sulfide) groups is 1. The molecule has 0 spiro atoms. The summed E-state index contributed by atoms with van der Waals surface area (Å²) < 4.78 is 2.03. The number of hydrogen-bond acceptors (Lipinski definition) is 5. The average Bonchev–Trinajstić information content (AvgIpc) is 3.13. The molecule has 2 heterocycles. The van der Waals surface area contributed by atoms with Crippen molar-refractivity contribution in [2.45, 2.75) is 32.2 Å². The number of amides is 1. The summed E-state index contributed by atoms with van der Waals surface area (Å²) >= 11 is 1.38. The van der Waals surface area contributed by atoms with Gasteiger partial charge in [0, 0.05) is 12.1 Å². The van der Waals surface area contributed by atoms with E-state index in [-0.39, 0.29) is 11.7 Å². The normalized spacial score (nSPS) is 11.2. The molecule has 0 saturated heterocycles. The van der Waals surface area contributed by atoms with Crippen molar-refractivity contribution in [2.24, 2.45) is 0 Å². The molecule has 2 aromatic carbocycles. The van der Waals surface area contributed by atoms with Gasteiger partial charge in [-0.05, 0) is 37.6 Å². The van der Waals surface area contributed by atoms with Gasteiger partial charge in [-0.3, -0.25) is 9.20 Å². The van der Waals surface area contributed by atoms with Gasteiger partial charge in [0.05, 0.1) is 16.8 Å². The fraction of sp³-hybridized carbons (Fsp3) is 0.238. The largest absolute Gasteiger partial charge is 0.325 e. The van der Waals surface area contributed by atoms with Crippen molar-refractivity contribution in [3.63, 3.8) is 0 Å².